The van der Waals surface area contributed by atoms with E-state index in [1.54, 1.807) is 30.6 Å². The summed E-state index contributed by atoms with van der Waals surface area (Å²) < 4.78 is 11.7. The lowest BCUT2D eigenvalue weighted by Crippen LogP contribution is -2.11. The van der Waals surface area contributed by atoms with Gasteiger partial charge in [-0.3, -0.25) is 14.8 Å². The number of anilines is 2. The van der Waals surface area contributed by atoms with Gasteiger partial charge >= 0.3 is 0 Å². The van der Waals surface area contributed by atoms with E-state index in [-0.39, 0.29) is 12.2 Å². The highest BCUT2D eigenvalue weighted by atomic mass is 35.5. The third-order valence-electron chi connectivity index (χ3n) is 5.95. The molecule has 0 unspecified atom stereocenters. The van der Waals surface area contributed by atoms with Crippen LogP contribution in [0.25, 0.3) is 10.9 Å². The molecule has 1 N–H and O–H groups in total. The number of ketones is 1. The molecule has 4 rings (SSSR count). The second-order valence-corrected chi connectivity index (χ2v) is 9.70. The predicted octanol–water partition coefficient (Wildman–Crippen LogP) is 6.22. The Morgan fingerprint density at radius 3 is 2.67 bits per heavy atom. The first kappa shape index (κ1) is 28.6. The lowest BCUT2D eigenvalue weighted by molar-refractivity contribution is -0.114. The predicted molar refractivity (Wildman–Crippen MR) is 161 cm³/mol. The van der Waals surface area contributed by atoms with Crippen molar-refractivity contribution in [2.24, 2.45) is 0 Å². The first-order chi connectivity index (χ1) is 19.4. The fourth-order valence-corrected chi connectivity index (χ4v) is 4.29. The Labute approximate surface area is 239 Å². The van der Waals surface area contributed by atoms with Crippen LogP contribution >= 0.6 is 11.6 Å². The highest BCUT2D eigenvalue weighted by Crippen LogP contribution is 2.36. The van der Waals surface area contributed by atoms with Crippen LogP contribution in [0.3, 0.4) is 0 Å². The van der Waals surface area contributed by atoms with Gasteiger partial charge < -0.3 is 19.7 Å². The maximum atomic E-state index is 12.7. The summed E-state index contributed by atoms with van der Waals surface area (Å²) in [6.07, 6.45) is 12.8. The Kier molecular flexibility index (Phi) is 9.74. The van der Waals surface area contributed by atoms with E-state index in [1.807, 2.05) is 68.4 Å². The van der Waals surface area contributed by atoms with Crippen molar-refractivity contribution in [3.8, 4) is 23.8 Å². The minimum absolute atomic E-state index is 0.0224. The van der Waals surface area contributed by atoms with Gasteiger partial charge in [0, 0.05) is 48.1 Å². The molecule has 0 saturated heterocycles. The van der Waals surface area contributed by atoms with Crippen molar-refractivity contribution >= 4 is 39.7 Å². The molecule has 40 heavy (non-hydrogen) atoms. The van der Waals surface area contributed by atoms with Crippen molar-refractivity contribution in [2.75, 3.05) is 32.6 Å². The fourth-order valence-electron chi connectivity index (χ4n) is 4.05. The summed E-state index contributed by atoms with van der Waals surface area (Å²) in [5.41, 5.74) is 4.22. The van der Waals surface area contributed by atoms with E-state index in [0.29, 0.717) is 53.0 Å². The second kappa shape index (κ2) is 13.6. The van der Waals surface area contributed by atoms with Crippen LogP contribution in [0.2, 0.25) is 5.02 Å². The molecular formula is C32H31ClN4O3. The van der Waals surface area contributed by atoms with Crippen LogP contribution < -0.4 is 14.8 Å². The van der Waals surface area contributed by atoms with E-state index in [4.69, 9.17) is 27.5 Å². The number of hydrogen-bond donors (Lipinski definition) is 1. The van der Waals surface area contributed by atoms with E-state index in [9.17, 15) is 4.79 Å². The number of nitrogens with one attached hydrogen (secondary N) is 1. The number of halogens is 1. The maximum absolute atomic E-state index is 12.7. The quantitative estimate of drug-likeness (QED) is 0.165. The normalized spacial score (nSPS) is 11.1. The molecule has 4 aromatic rings. The van der Waals surface area contributed by atoms with Gasteiger partial charge in [-0.2, -0.15) is 0 Å². The number of benzene rings is 2. The maximum Gasteiger partial charge on any atom is 0.159 e. The van der Waals surface area contributed by atoms with Crippen LogP contribution in [0.15, 0.2) is 73.1 Å². The standard InChI is InChI=1S/C32H31ClN4O3/c1-5-22-20-35-29-19-31(39-6-2)23(16-26(38)11-9-15-37(3)4)17-27(29)32(22)36-24-12-13-30(28(33)18-24)40-21-25-10-7-8-14-34-25/h1,7-14,17-20H,6,15-16,21H2,2-4H3,(H,35,36)/b11-9+. The molecule has 0 fully saturated rings. The van der Waals surface area contributed by atoms with Crippen LogP contribution in [-0.2, 0) is 17.8 Å². The van der Waals surface area contributed by atoms with Gasteiger partial charge in [0.15, 0.2) is 5.78 Å². The molecule has 0 aliphatic carbocycles. The van der Waals surface area contributed by atoms with Crippen molar-refractivity contribution in [1.82, 2.24) is 14.9 Å². The molecule has 0 spiro atoms. The second-order valence-electron chi connectivity index (χ2n) is 9.29. The molecule has 8 heteroatoms. The Morgan fingerprint density at radius 2 is 1.98 bits per heavy atom. The first-order valence-electron chi connectivity index (χ1n) is 12.9. The van der Waals surface area contributed by atoms with E-state index in [2.05, 4.69) is 21.2 Å². The van der Waals surface area contributed by atoms with Gasteiger partial charge in [0.25, 0.3) is 0 Å². The summed E-state index contributed by atoms with van der Waals surface area (Å²) >= 11 is 6.55. The number of likely N-dealkylation sites (N-methyl/N-ethyl adjacent to an activating group) is 1. The summed E-state index contributed by atoms with van der Waals surface area (Å²) in [7, 11) is 3.90. The van der Waals surface area contributed by atoms with E-state index < -0.39 is 0 Å². The van der Waals surface area contributed by atoms with Crippen LogP contribution in [0, 0.1) is 12.3 Å². The number of fused-ring (bicyclic) bond motifs is 1. The number of allylic oxidation sites excluding steroid dienone is 1. The zero-order valence-electron chi connectivity index (χ0n) is 22.8. The zero-order chi connectivity index (χ0) is 28.5. The Balaban J connectivity index is 1.64. The minimum Gasteiger partial charge on any atom is -0.494 e. The Bertz CT molecular complexity index is 1560. The van der Waals surface area contributed by atoms with Gasteiger partial charge in [0.05, 0.1) is 34.1 Å². The molecular weight excluding hydrogens is 524 g/mol. The summed E-state index contributed by atoms with van der Waals surface area (Å²) in [6.45, 7) is 3.35. The number of rotatable bonds is 12. The number of carbonyl (C=O) groups excluding carboxylic acids is 1. The minimum atomic E-state index is -0.0224. The molecule has 2 aromatic heterocycles. The third-order valence-corrected chi connectivity index (χ3v) is 6.24. The topological polar surface area (TPSA) is 76.6 Å². The largest absolute Gasteiger partial charge is 0.494 e. The molecule has 204 valence electrons. The highest BCUT2D eigenvalue weighted by molar-refractivity contribution is 6.32. The van der Waals surface area contributed by atoms with Crippen molar-refractivity contribution in [3.05, 3.63) is 94.9 Å². The summed E-state index contributed by atoms with van der Waals surface area (Å²) in [4.78, 5) is 23.6. The van der Waals surface area contributed by atoms with Crippen LogP contribution in [0.4, 0.5) is 11.4 Å². The van der Waals surface area contributed by atoms with Crippen LogP contribution in [-0.4, -0.2) is 47.9 Å². The third kappa shape index (κ3) is 7.38. The summed E-state index contributed by atoms with van der Waals surface area (Å²) in [6, 6.07) is 14.8. The zero-order valence-corrected chi connectivity index (χ0v) is 23.5. The number of nitrogens with zero attached hydrogens (tertiary/aromatic N) is 3. The van der Waals surface area contributed by atoms with Crippen molar-refractivity contribution in [3.63, 3.8) is 0 Å². The van der Waals surface area contributed by atoms with E-state index in [1.165, 1.54) is 0 Å². The number of terminal acetylenes is 1. The summed E-state index contributed by atoms with van der Waals surface area (Å²) in [5, 5.41) is 4.62. The van der Waals surface area contributed by atoms with E-state index >= 15 is 0 Å². The number of hydrogen-bond acceptors (Lipinski definition) is 7. The van der Waals surface area contributed by atoms with Crippen molar-refractivity contribution in [1.29, 1.82) is 0 Å². The molecule has 2 aromatic carbocycles. The molecule has 0 amide bonds. The monoisotopic (exact) mass is 554 g/mol. The molecule has 0 aliphatic heterocycles. The number of pyridine rings is 2. The summed E-state index contributed by atoms with van der Waals surface area (Å²) in [5.74, 6) is 3.84. The van der Waals surface area contributed by atoms with Crippen molar-refractivity contribution < 1.29 is 14.3 Å². The molecule has 0 aliphatic rings. The van der Waals surface area contributed by atoms with Crippen molar-refractivity contribution in [2.45, 2.75) is 20.0 Å². The lowest BCUT2D eigenvalue weighted by Gasteiger charge is -2.16. The molecule has 0 bridgehead atoms. The SMILES string of the molecule is C#Cc1cnc2cc(OCC)c(CC(=O)/C=C/CN(C)C)cc2c1Nc1ccc(OCc2ccccn2)c(Cl)c1. The molecule has 0 saturated carbocycles. The number of ether oxygens (including phenoxy) is 2. The van der Waals surface area contributed by atoms with Crippen LogP contribution in [0.1, 0.15) is 23.7 Å². The Hall–Kier alpha value is -4.38. The number of aromatic nitrogens is 2. The van der Waals surface area contributed by atoms with Crippen LogP contribution in [0.5, 0.6) is 11.5 Å². The smallest absolute Gasteiger partial charge is 0.159 e. The average Bonchev–Trinajstić information content (AvgIpc) is 2.94. The Morgan fingerprint density at radius 1 is 1.12 bits per heavy atom. The van der Waals surface area contributed by atoms with Gasteiger partial charge in [0.2, 0.25) is 0 Å². The van der Waals surface area contributed by atoms with Gasteiger partial charge in [-0.25, -0.2) is 0 Å². The van der Waals surface area contributed by atoms with Gasteiger partial charge in [-0.15, -0.1) is 6.42 Å². The molecule has 0 atom stereocenters. The van der Waals surface area contributed by atoms with Gasteiger partial charge in [-0.1, -0.05) is 29.7 Å². The number of carbonyl (C=O) groups is 1. The highest BCUT2D eigenvalue weighted by Gasteiger charge is 2.15. The molecule has 0 radical (unpaired) electrons. The van der Waals surface area contributed by atoms with Gasteiger partial charge in [-0.05, 0) is 63.5 Å². The molecule has 2 heterocycles. The van der Waals surface area contributed by atoms with E-state index in [0.717, 1.165) is 22.3 Å². The average molecular weight is 555 g/mol. The first-order valence-corrected chi connectivity index (χ1v) is 13.2. The fraction of sp³-hybridized carbons (Fsp3) is 0.219. The van der Waals surface area contributed by atoms with Gasteiger partial charge in [0.1, 0.15) is 18.1 Å². The lowest BCUT2D eigenvalue weighted by atomic mass is 10.0. The molecule has 7 nitrogen and oxygen atoms in total.